The third-order valence-corrected chi connectivity index (χ3v) is 7.04. The maximum absolute atomic E-state index is 12.2. The van der Waals surface area contributed by atoms with Gasteiger partial charge in [0, 0.05) is 28.6 Å². The molecule has 1 atom stereocenters. The summed E-state index contributed by atoms with van der Waals surface area (Å²) in [4.78, 5) is 18.4. The number of allylic oxidation sites excluding steroid dienone is 1. The molecule has 1 amide bonds. The number of anilines is 1. The normalized spacial score (nSPS) is 16.2. The minimum Gasteiger partial charge on any atom is -0.444 e. The first-order valence-electron chi connectivity index (χ1n) is 10.1. The van der Waals surface area contributed by atoms with Crippen LogP contribution in [0.4, 0.5) is 9.80 Å². The highest BCUT2D eigenvalue weighted by atomic mass is 32.1. The van der Waals surface area contributed by atoms with E-state index in [9.17, 15) is 4.79 Å². The summed E-state index contributed by atoms with van der Waals surface area (Å²) in [5.74, 6) is 0. The molecule has 0 aliphatic heterocycles. The molecule has 5 nitrogen and oxygen atoms in total. The number of thiophene rings is 1. The maximum atomic E-state index is 12.2. The van der Waals surface area contributed by atoms with Crippen LogP contribution in [0.25, 0.3) is 20.8 Å². The molecule has 7 heteroatoms. The van der Waals surface area contributed by atoms with Crippen LogP contribution in [0.2, 0.25) is 0 Å². The highest BCUT2D eigenvalue weighted by Gasteiger charge is 2.29. The van der Waals surface area contributed by atoms with E-state index in [2.05, 4.69) is 29.3 Å². The van der Waals surface area contributed by atoms with Crippen molar-refractivity contribution in [2.45, 2.75) is 58.6 Å². The summed E-state index contributed by atoms with van der Waals surface area (Å²) in [7, 11) is 0. The summed E-state index contributed by atoms with van der Waals surface area (Å²) in [5.41, 5.74) is 3.96. The number of benzene rings is 1. The molecule has 0 saturated carbocycles. The van der Waals surface area contributed by atoms with Crippen LogP contribution >= 0.6 is 22.7 Å². The molecule has 1 aliphatic carbocycles. The zero-order valence-corrected chi connectivity index (χ0v) is 19.4. The van der Waals surface area contributed by atoms with Gasteiger partial charge in [0.05, 0.1) is 10.2 Å². The van der Waals surface area contributed by atoms with Crippen molar-refractivity contribution in [3.05, 3.63) is 47.0 Å². The minimum atomic E-state index is -0.495. The molecule has 1 aromatic carbocycles. The molecule has 0 saturated heterocycles. The van der Waals surface area contributed by atoms with Gasteiger partial charge in [-0.3, -0.25) is 0 Å². The predicted molar refractivity (Wildman–Crippen MR) is 127 cm³/mol. The Balaban J connectivity index is 1.64. The highest BCUT2D eigenvalue weighted by molar-refractivity contribution is 7.22. The SMILES string of the molecule is C=C(C)Nc1sc2c(c1-c1nc3ccccc3s1)CCC(NC(=O)OC(C)(C)C)C2. The fourth-order valence-electron chi connectivity index (χ4n) is 3.67. The molecule has 0 radical (unpaired) electrons. The number of fused-ring (bicyclic) bond motifs is 2. The van der Waals surface area contributed by atoms with Gasteiger partial charge in [-0.2, -0.15) is 0 Å². The van der Waals surface area contributed by atoms with E-state index in [4.69, 9.17) is 9.72 Å². The number of carbonyl (C=O) groups excluding carboxylic acids is 1. The number of carbonyl (C=O) groups is 1. The number of hydrogen-bond donors (Lipinski definition) is 2. The largest absolute Gasteiger partial charge is 0.444 e. The number of hydrogen-bond acceptors (Lipinski definition) is 6. The standard InChI is InChI=1S/C23H27N3O2S2/c1-13(2)24-20-19(21-26-16-8-6-7-9-17(16)29-21)15-11-10-14(12-18(15)30-20)25-22(27)28-23(3,4)5/h6-9,14,24H,1,10-12H2,2-5H3,(H,25,27). The average molecular weight is 442 g/mol. The van der Waals surface area contributed by atoms with Gasteiger partial charge >= 0.3 is 6.09 Å². The van der Waals surface area contributed by atoms with E-state index in [0.717, 1.165) is 40.5 Å². The number of rotatable bonds is 4. The van der Waals surface area contributed by atoms with E-state index in [1.165, 1.54) is 20.7 Å². The van der Waals surface area contributed by atoms with Crippen LogP contribution in [0, 0.1) is 0 Å². The molecular weight excluding hydrogens is 414 g/mol. The molecule has 2 aromatic heterocycles. The average Bonchev–Trinajstić information content (AvgIpc) is 3.19. The van der Waals surface area contributed by atoms with Crippen LogP contribution in [0.1, 0.15) is 44.6 Å². The quantitative estimate of drug-likeness (QED) is 0.495. The Morgan fingerprint density at radius 3 is 2.73 bits per heavy atom. The maximum Gasteiger partial charge on any atom is 0.407 e. The lowest BCUT2D eigenvalue weighted by molar-refractivity contribution is 0.0500. The van der Waals surface area contributed by atoms with Gasteiger partial charge in [-0.1, -0.05) is 18.7 Å². The third-order valence-electron chi connectivity index (χ3n) is 4.82. The first-order valence-corrected chi connectivity index (χ1v) is 11.8. The Morgan fingerprint density at radius 2 is 2.03 bits per heavy atom. The van der Waals surface area contributed by atoms with Gasteiger partial charge in [0.15, 0.2) is 0 Å². The molecule has 3 aromatic rings. The minimum absolute atomic E-state index is 0.0758. The first kappa shape index (κ1) is 20.9. The van der Waals surface area contributed by atoms with Crippen LogP contribution in [0.15, 0.2) is 36.5 Å². The van der Waals surface area contributed by atoms with Crippen molar-refractivity contribution in [2.75, 3.05) is 5.32 Å². The zero-order chi connectivity index (χ0) is 21.5. The number of ether oxygens (including phenoxy) is 1. The molecule has 2 N–H and O–H groups in total. The van der Waals surface area contributed by atoms with Crippen molar-refractivity contribution in [3.8, 4) is 10.6 Å². The molecule has 0 bridgehead atoms. The Kier molecular flexibility index (Phi) is 5.59. The van der Waals surface area contributed by atoms with Gasteiger partial charge in [-0.05, 0) is 58.2 Å². The second-order valence-corrected chi connectivity index (χ2v) is 10.8. The molecular formula is C23H27N3O2S2. The Morgan fingerprint density at radius 1 is 1.27 bits per heavy atom. The monoisotopic (exact) mass is 441 g/mol. The van der Waals surface area contributed by atoms with Crippen molar-refractivity contribution >= 4 is 44.0 Å². The molecule has 1 unspecified atom stereocenters. The van der Waals surface area contributed by atoms with Gasteiger partial charge in [0.25, 0.3) is 0 Å². The predicted octanol–water partition coefficient (Wildman–Crippen LogP) is 6.35. The summed E-state index contributed by atoms with van der Waals surface area (Å²) in [6.45, 7) is 11.6. The van der Waals surface area contributed by atoms with Crippen molar-refractivity contribution < 1.29 is 9.53 Å². The number of amides is 1. The van der Waals surface area contributed by atoms with Crippen LogP contribution in [-0.4, -0.2) is 22.7 Å². The smallest absolute Gasteiger partial charge is 0.407 e. The Bertz CT molecular complexity index is 1070. The topological polar surface area (TPSA) is 63.2 Å². The molecule has 30 heavy (non-hydrogen) atoms. The third kappa shape index (κ3) is 4.52. The van der Waals surface area contributed by atoms with Gasteiger partial charge in [-0.25, -0.2) is 9.78 Å². The fourth-order valence-corrected chi connectivity index (χ4v) is 6.19. The van der Waals surface area contributed by atoms with Gasteiger partial charge in [0.2, 0.25) is 0 Å². The molecule has 0 spiro atoms. The van der Waals surface area contributed by atoms with Crippen LogP contribution < -0.4 is 10.6 Å². The Hall–Kier alpha value is -2.38. The van der Waals surface area contributed by atoms with Crippen LogP contribution in [0.3, 0.4) is 0 Å². The van der Waals surface area contributed by atoms with Crippen molar-refractivity contribution in [2.24, 2.45) is 0 Å². The lowest BCUT2D eigenvalue weighted by Gasteiger charge is -2.26. The van der Waals surface area contributed by atoms with E-state index < -0.39 is 5.60 Å². The summed E-state index contributed by atoms with van der Waals surface area (Å²) >= 11 is 3.46. The zero-order valence-electron chi connectivity index (χ0n) is 17.8. The highest BCUT2D eigenvalue weighted by Crippen LogP contribution is 2.46. The van der Waals surface area contributed by atoms with Crippen molar-refractivity contribution in [3.63, 3.8) is 0 Å². The van der Waals surface area contributed by atoms with E-state index >= 15 is 0 Å². The van der Waals surface area contributed by atoms with Gasteiger partial charge < -0.3 is 15.4 Å². The number of thiazole rings is 1. The van der Waals surface area contributed by atoms with Crippen molar-refractivity contribution in [1.29, 1.82) is 0 Å². The van der Waals surface area contributed by atoms with Gasteiger partial charge in [0.1, 0.15) is 15.6 Å². The fraction of sp³-hybridized carbons (Fsp3) is 0.391. The lowest BCUT2D eigenvalue weighted by Crippen LogP contribution is -2.41. The van der Waals surface area contributed by atoms with Gasteiger partial charge in [-0.15, -0.1) is 22.7 Å². The molecule has 1 aliphatic rings. The number of alkyl carbamates (subject to hydrolysis) is 1. The number of nitrogens with one attached hydrogen (secondary N) is 2. The summed E-state index contributed by atoms with van der Waals surface area (Å²) in [5, 5.41) is 8.61. The summed E-state index contributed by atoms with van der Waals surface area (Å²) in [6.07, 6.45) is 2.23. The number of nitrogens with zero attached hydrogens (tertiary/aromatic N) is 1. The second-order valence-electron chi connectivity index (χ2n) is 8.69. The summed E-state index contributed by atoms with van der Waals surface area (Å²) < 4.78 is 6.62. The lowest BCUT2D eigenvalue weighted by atomic mass is 9.92. The van der Waals surface area contributed by atoms with E-state index in [1.807, 2.05) is 39.8 Å². The molecule has 158 valence electrons. The Labute approximate surface area is 185 Å². The summed E-state index contributed by atoms with van der Waals surface area (Å²) in [6, 6.07) is 8.32. The number of para-hydroxylation sites is 1. The van der Waals surface area contributed by atoms with E-state index in [0.29, 0.717) is 0 Å². The first-order chi connectivity index (χ1) is 14.2. The molecule has 0 fully saturated rings. The second kappa shape index (κ2) is 8.04. The van der Waals surface area contributed by atoms with Crippen LogP contribution in [-0.2, 0) is 17.6 Å². The molecule has 4 rings (SSSR count). The van der Waals surface area contributed by atoms with Crippen molar-refractivity contribution in [1.82, 2.24) is 10.3 Å². The van der Waals surface area contributed by atoms with E-state index in [-0.39, 0.29) is 12.1 Å². The van der Waals surface area contributed by atoms with Crippen LogP contribution in [0.5, 0.6) is 0 Å². The van der Waals surface area contributed by atoms with E-state index in [1.54, 1.807) is 22.7 Å². The molecule has 2 heterocycles. The number of aromatic nitrogens is 1.